The minimum atomic E-state index is -0.220. The van der Waals surface area contributed by atoms with Gasteiger partial charge < -0.3 is 10.1 Å². The smallest absolute Gasteiger partial charge is 0.237 e. The molecule has 0 spiro atoms. The molecular weight excluding hydrogens is 308 g/mol. The van der Waals surface area contributed by atoms with Crippen LogP contribution in [0.5, 0.6) is 5.75 Å². The van der Waals surface area contributed by atoms with Crippen LogP contribution in [-0.2, 0) is 11.2 Å². The molecule has 1 N–H and O–H groups in total. The van der Waals surface area contributed by atoms with Gasteiger partial charge >= 0.3 is 0 Å². The first-order valence-electron chi connectivity index (χ1n) is 7.20. The highest BCUT2D eigenvalue weighted by Gasteiger charge is 2.14. The van der Waals surface area contributed by atoms with Crippen molar-refractivity contribution in [2.75, 3.05) is 12.4 Å². The Hall–Kier alpha value is -2.45. The monoisotopic (exact) mass is 326 g/mol. The van der Waals surface area contributed by atoms with E-state index in [1.807, 2.05) is 55.5 Å². The normalized spacial score (nSPS) is 11.3. The summed E-state index contributed by atoms with van der Waals surface area (Å²) in [4.78, 5) is 13.3. The fourth-order valence-corrected chi connectivity index (χ4v) is 2.82. The van der Waals surface area contributed by atoms with Gasteiger partial charge in [-0.15, -0.1) is 11.8 Å². The standard InChI is InChI=1S/C18H18N2O2S/c1-13(23-17-9-7-16(22-2)8-10-17)18(21)20-15-5-3-14(4-6-15)11-12-19/h3-10,13H,11H2,1-2H3,(H,20,21)/t13-/m1/s1. The van der Waals surface area contributed by atoms with Crippen LogP contribution in [0.25, 0.3) is 0 Å². The Balaban J connectivity index is 1.92. The van der Waals surface area contributed by atoms with Crippen molar-refractivity contribution in [2.45, 2.75) is 23.5 Å². The van der Waals surface area contributed by atoms with Gasteiger partial charge in [-0.1, -0.05) is 12.1 Å². The number of thioether (sulfide) groups is 1. The summed E-state index contributed by atoms with van der Waals surface area (Å²) in [6.45, 7) is 1.87. The van der Waals surface area contributed by atoms with Crippen LogP contribution in [0.4, 0.5) is 5.69 Å². The van der Waals surface area contributed by atoms with Gasteiger partial charge in [0.1, 0.15) is 5.75 Å². The van der Waals surface area contributed by atoms with Crippen LogP contribution >= 0.6 is 11.8 Å². The third-order valence-corrected chi connectivity index (χ3v) is 4.36. The largest absolute Gasteiger partial charge is 0.497 e. The Morgan fingerprint density at radius 1 is 1.22 bits per heavy atom. The van der Waals surface area contributed by atoms with Gasteiger partial charge in [-0.25, -0.2) is 0 Å². The molecule has 0 heterocycles. The Bertz CT molecular complexity index is 690. The van der Waals surface area contributed by atoms with Gasteiger partial charge in [-0.05, 0) is 48.9 Å². The number of nitriles is 1. The molecule has 5 heteroatoms. The quantitative estimate of drug-likeness (QED) is 0.818. The Kier molecular flexibility index (Phi) is 6.07. The number of carbonyl (C=O) groups is 1. The summed E-state index contributed by atoms with van der Waals surface area (Å²) in [6.07, 6.45) is 0.373. The van der Waals surface area contributed by atoms with Crippen molar-refractivity contribution in [1.82, 2.24) is 0 Å². The van der Waals surface area contributed by atoms with E-state index in [2.05, 4.69) is 11.4 Å². The van der Waals surface area contributed by atoms with E-state index in [1.54, 1.807) is 7.11 Å². The van der Waals surface area contributed by atoms with E-state index in [0.29, 0.717) is 6.42 Å². The first-order valence-corrected chi connectivity index (χ1v) is 8.08. The molecule has 2 aromatic carbocycles. The molecule has 0 aliphatic heterocycles. The predicted octanol–water partition coefficient (Wildman–Crippen LogP) is 3.88. The fourth-order valence-electron chi connectivity index (χ4n) is 1.95. The zero-order valence-corrected chi connectivity index (χ0v) is 13.9. The molecule has 0 unspecified atom stereocenters. The number of rotatable bonds is 6. The van der Waals surface area contributed by atoms with Gasteiger partial charge in [-0.2, -0.15) is 5.26 Å². The number of benzene rings is 2. The van der Waals surface area contributed by atoms with Gasteiger partial charge in [0.05, 0.1) is 24.8 Å². The molecule has 0 saturated carbocycles. The second-order valence-electron chi connectivity index (χ2n) is 4.96. The molecular formula is C18H18N2O2S. The number of nitrogens with one attached hydrogen (secondary N) is 1. The Labute approximate surface area is 140 Å². The SMILES string of the molecule is COc1ccc(S[C@H](C)C(=O)Nc2ccc(CC#N)cc2)cc1. The molecule has 4 nitrogen and oxygen atoms in total. The van der Waals surface area contributed by atoms with Crippen LogP contribution in [0.3, 0.4) is 0 Å². The van der Waals surface area contributed by atoms with Crippen molar-refractivity contribution >= 4 is 23.4 Å². The molecule has 0 aliphatic rings. The minimum Gasteiger partial charge on any atom is -0.497 e. The molecule has 0 saturated heterocycles. The van der Waals surface area contributed by atoms with E-state index in [1.165, 1.54) is 11.8 Å². The maximum absolute atomic E-state index is 12.2. The van der Waals surface area contributed by atoms with Gasteiger partial charge in [0.15, 0.2) is 0 Å². The van der Waals surface area contributed by atoms with Crippen LogP contribution in [0, 0.1) is 11.3 Å². The summed E-state index contributed by atoms with van der Waals surface area (Å²) in [6, 6.07) is 17.0. The van der Waals surface area contributed by atoms with Gasteiger partial charge in [0.2, 0.25) is 5.91 Å². The van der Waals surface area contributed by atoms with Gasteiger partial charge in [-0.3, -0.25) is 4.79 Å². The molecule has 2 aromatic rings. The molecule has 0 fully saturated rings. The number of methoxy groups -OCH3 is 1. The lowest BCUT2D eigenvalue weighted by Gasteiger charge is -2.12. The molecule has 1 amide bonds. The number of hydrogen-bond acceptors (Lipinski definition) is 4. The van der Waals surface area contributed by atoms with Crippen LogP contribution in [-0.4, -0.2) is 18.3 Å². The number of anilines is 1. The highest BCUT2D eigenvalue weighted by molar-refractivity contribution is 8.00. The summed E-state index contributed by atoms with van der Waals surface area (Å²) in [5.74, 6) is 0.739. The third kappa shape index (κ3) is 5.04. The molecule has 118 valence electrons. The summed E-state index contributed by atoms with van der Waals surface area (Å²) in [5, 5.41) is 11.3. The van der Waals surface area contributed by atoms with E-state index in [4.69, 9.17) is 10.00 Å². The van der Waals surface area contributed by atoms with Gasteiger partial charge in [0, 0.05) is 10.6 Å². The van der Waals surface area contributed by atoms with Crippen LogP contribution in [0.1, 0.15) is 12.5 Å². The number of hydrogen-bond donors (Lipinski definition) is 1. The van der Waals surface area contributed by atoms with Crippen molar-refractivity contribution in [1.29, 1.82) is 5.26 Å². The van der Waals surface area contributed by atoms with Crippen molar-refractivity contribution in [3.8, 4) is 11.8 Å². The van der Waals surface area contributed by atoms with Crippen molar-refractivity contribution < 1.29 is 9.53 Å². The Morgan fingerprint density at radius 2 is 1.87 bits per heavy atom. The van der Waals surface area contributed by atoms with Crippen molar-refractivity contribution in [2.24, 2.45) is 0 Å². The van der Waals surface area contributed by atoms with Crippen LogP contribution < -0.4 is 10.1 Å². The van der Waals surface area contributed by atoms with Crippen LogP contribution in [0.15, 0.2) is 53.4 Å². The van der Waals surface area contributed by atoms with E-state index >= 15 is 0 Å². The summed E-state index contributed by atoms with van der Waals surface area (Å²) < 4.78 is 5.12. The highest BCUT2D eigenvalue weighted by atomic mass is 32.2. The van der Waals surface area contributed by atoms with E-state index in [9.17, 15) is 4.79 Å². The first-order chi connectivity index (χ1) is 11.1. The second kappa shape index (κ2) is 8.25. The van der Waals surface area contributed by atoms with E-state index in [0.717, 1.165) is 21.9 Å². The lowest BCUT2D eigenvalue weighted by Crippen LogP contribution is -2.22. The maximum Gasteiger partial charge on any atom is 0.237 e. The van der Waals surface area contributed by atoms with E-state index < -0.39 is 0 Å². The molecule has 0 bridgehead atoms. The number of amides is 1. The number of carbonyl (C=O) groups excluding carboxylic acids is 1. The van der Waals surface area contributed by atoms with Crippen molar-refractivity contribution in [3.63, 3.8) is 0 Å². The molecule has 0 aromatic heterocycles. The lowest BCUT2D eigenvalue weighted by molar-refractivity contribution is -0.115. The summed E-state index contributed by atoms with van der Waals surface area (Å²) >= 11 is 1.49. The zero-order chi connectivity index (χ0) is 16.7. The summed E-state index contributed by atoms with van der Waals surface area (Å²) in [5.41, 5.74) is 1.67. The highest BCUT2D eigenvalue weighted by Crippen LogP contribution is 2.26. The summed E-state index contributed by atoms with van der Waals surface area (Å²) in [7, 11) is 1.63. The molecule has 23 heavy (non-hydrogen) atoms. The van der Waals surface area contributed by atoms with Gasteiger partial charge in [0.25, 0.3) is 0 Å². The number of nitrogens with zero attached hydrogens (tertiary/aromatic N) is 1. The second-order valence-corrected chi connectivity index (χ2v) is 6.37. The molecule has 0 aliphatic carbocycles. The van der Waals surface area contributed by atoms with Crippen LogP contribution in [0.2, 0.25) is 0 Å². The fraction of sp³-hybridized carbons (Fsp3) is 0.222. The Morgan fingerprint density at radius 3 is 2.43 bits per heavy atom. The predicted molar refractivity (Wildman–Crippen MR) is 92.7 cm³/mol. The third-order valence-electron chi connectivity index (χ3n) is 3.25. The average Bonchev–Trinajstić information content (AvgIpc) is 2.57. The van der Waals surface area contributed by atoms with Crippen molar-refractivity contribution in [3.05, 3.63) is 54.1 Å². The topological polar surface area (TPSA) is 62.1 Å². The minimum absolute atomic E-state index is 0.0566. The average molecular weight is 326 g/mol. The maximum atomic E-state index is 12.2. The molecule has 0 radical (unpaired) electrons. The van der Waals surface area contributed by atoms with E-state index in [-0.39, 0.29) is 11.2 Å². The first kappa shape index (κ1) is 16.9. The zero-order valence-electron chi connectivity index (χ0n) is 13.1. The lowest BCUT2D eigenvalue weighted by atomic mass is 10.1. The molecule has 2 rings (SSSR count). The number of ether oxygens (including phenoxy) is 1. The molecule has 1 atom stereocenters.